The molecule has 0 unspecified atom stereocenters. The zero-order valence-electron chi connectivity index (χ0n) is 12.5. The fourth-order valence-corrected chi connectivity index (χ4v) is 3.66. The van der Waals surface area contributed by atoms with Gasteiger partial charge in [0.05, 0.1) is 16.8 Å². The number of halogens is 1. The van der Waals surface area contributed by atoms with E-state index in [1.165, 1.54) is 6.20 Å². The van der Waals surface area contributed by atoms with Gasteiger partial charge in [-0.2, -0.15) is 0 Å². The average molecular weight is 432 g/mol. The van der Waals surface area contributed by atoms with Crippen LogP contribution < -0.4 is 10.5 Å². The Labute approximate surface area is 143 Å². The second-order valence-corrected chi connectivity index (χ2v) is 8.52. The normalized spacial score (nSPS) is 12.4. The zero-order valence-corrected chi connectivity index (χ0v) is 15.4. The van der Waals surface area contributed by atoms with Crippen LogP contribution in [0.4, 0.5) is 5.82 Å². The van der Waals surface area contributed by atoms with Crippen LogP contribution in [-0.4, -0.2) is 23.9 Å². The highest BCUT2D eigenvalue weighted by Gasteiger charge is 2.22. The van der Waals surface area contributed by atoms with Gasteiger partial charge in [-0.25, -0.2) is 23.1 Å². The van der Waals surface area contributed by atoms with Gasteiger partial charge in [0.2, 0.25) is 10.0 Å². The number of benzene rings is 1. The maximum Gasteiger partial charge on any atom is 0.241 e. The fourth-order valence-electron chi connectivity index (χ4n) is 1.80. The van der Waals surface area contributed by atoms with Gasteiger partial charge >= 0.3 is 0 Å². The van der Waals surface area contributed by atoms with E-state index in [1.807, 2.05) is 22.6 Å². The van der Waals surface area contributed by atoms with Crippen LogP contribution in [0.15, 0.2) is 35.4 Å². The molecule has 0 saturated heterocycles. The number of aromatic nitrogens is 2. The highest BCUT2D eigenvalue weighted by Crippen LogP contribution is 2.23. The minimum absolute atomic E-state index is 0.188. The fraction of sp³-hybridized carbons (Fsp3) is 0.286. The predicted octanol–water partition coefficient (Wildman–Crippen LogP) is 2.41. The number of nitrogens with one attached hydrogen (secondary N) is 1. The lowest BCUT2D eigenvalue weighted by Crippen LogP contribution is -2.40. The van der Waals surface area contributed by atoms with E-state index in [2.05, 4.69) is 14.7 Å². The Morgan fingerprint density at radius 1 is 1.27 bits per heavy atom. The van der Waals surface area contributed by atoms with Gasteiger partial charge < -0.3 is 5.73 Å². The van der Waals surface area contributed by atoms with Crippen LogP contribution in [-0.2, 0) is 10.0 Å². The van der Waals surface area contributed by atoms with Crippen molar-refractivity contribution in [1.29, 1.82) is 0 Å². The molecule has 118 valence electrons. The third-order valence-electron chi connectivity index (χ3n) is 2.64. The van der Waals surface area contributed by atoms with Gasteiger partial charge in [-0.1, -0.05) is 12.1 Å². The lowest BCUT2D eigenvalue weighted by atomic mass is 10.1. The van der Waals surface area contributed by atoms with Crippen molar-refractivity contribution in [3.05, 3.63) is 34.2 Å². The molecule has 0 spiro atoms. The van der Waals surface area contributed by atoms with Crippen molar-refractivity contribution in [3.63, 3.8) is 0 Å². The molecule has 3 N–H and O–H groups in total. The van der Waals surface area contributed by atoms with Crippen molar-refractivity contribution in [2.75, 3.05) is 5.73 Å². The van der Waals surface area contributed by atoms with Gasteiger partial charge in [0, 0.05) is 11.1 Å². The number of anilines is 1. The molecule has 0 aliphatic heterocycles. The quantitative estimate of drug-likeness (QED) is 0.727. The second-order valence-electron chi connectivity index (χ2n) is 5.81. The molecule has 22 heavy (non-hydrogen) atoms. The van der Waals surface area contributed by atoms with E-state index in [4.69, 9.17) is 5.73 Å². The van der Waals surface area contributed by atoms with E-state index < -0.39 is 15.6 Å². The molecule has 1 aromatic carbocycles. The number of hydrogen-bond donors (Lipinski definition) is 2. The lowest BCUT2D eigenvalue weighted by molar-refractivity contribution is 0.491. The molecule has 0 aliphatic carbocycles. The molecule has 0 aliphatic rings. The summed E-state index contributed by atoms with van der Waals surface area (Å²) in [6, 6.07) is 6.58. The first-order valence-corrected chi connectivity index (χ1v) is 9.07. The molecule has 6 nitrogen and oxygen atoms in total. The summed E-state index contributed by atoms with van der Waals surface area (Å²) in [6.07, 6.45) is 1.53. The molecule has 0 saturated carbocycles. The Balaban J connectivity index is 2.44. The van der Waals surface area contributed by atoms with Crippen molar-refractivity contribution in [2.45, 2.75) is 31.2 Å². The molecule has 2 rings (SSSR count). The minimum Gasteiger partial charge on any atom is -0.382 e. The number of nitrogen functional groups attached to an aromatic ring is 1. The first kappa shape index (κ1) is 17.1. The second kappa shape index (κ2) is 6.09. The molecule has 1 heterocycles. The van der Waals surface area contributed by atoms with Crippen molar-refractivity contribution in [2.24, 2.45) is 0 Å². The summed E-state index contributed by atoms with van der Waals surface area (Å²) in [4.78, 5) is 8.56. The summed E-state index contributed by atoms with van der Waals surface area (Å²) in [5, 5.41) is 0. The Morgan fingerprint density at radius 3 is 2.55 bits per heavy atom. The standard InChI is InChI=1S/C14H17IN4O2S/c1-14(2,3)19-22(20,21)10-6-4-5-9(7-10)11-8-17-13(16)12(15)18-11/h4-8,19H,1-3H3,(H2,16,17). The van der Waals surface area contributed by atoms with Crippen LogP contribution >= 0.6 is 22.6 Å². The van der Waals surface area contributed by atoms with E-state index in [0.29, 0.717) is 20.8 Å². The largest absolute Gasteiger partial charge is 0.382 e. The minimum atomic E-state index is -3.59. The summed E-state index contributed by atoms with van der Waals surface area (Å²) in [7, 11) is -3.59. The number of nitrogens with zero attached hydrogens (tertiary/aromatic N) is 2. The molecule has 0 bridgehead atoms. The van der Waals surface area contributed by atoms with Gasteiger partial charge in [-0.15, -0.1) is 0 Å². The average Bonchev–Trinajstić information content (AvgIpc) is 2.39. The molecule has 0 fully saturated rings. The van der Waals surface area contributed by atoms with Crippen LogP contribution in [0, 0.1) is 3.70 Å². The Bertz CT molecular complexity index is 801. The van der Waals surface area contributed by atoms with Crippen molar-refractivity contribution >= 4 is 38.4 Å². The molecule has 0 atom stereocenters. The highest BCUT2D eigenvalue weighted by atomic mass is 127. The first-order valence-electron chi connectivity index (χ1n) is 6.51. The zero-order chi connectivity index (χ0) is 16.5. The number of rotatable bonds is 3. The summed E-state index contributed by atoms with van der Waals surface area (Å²) < 4.78 is 28.0. The summed E-state index contributed by atoms with van der Waals surface area (Å²) in [5.74, 6) is 0.350. The van der Waals surface area contributed by atoms with Crippen LogP contribution in [0.5, 0.6) is 0 Å². The van der Waals surface area contributed by atoms with Gasteiger partial charge in [0.25, 0.3) is 0 Å². The van der Waals surface area contributed by atoms with E-state index in [1.54, 1.807) is 45.0 Å². The predicted molar refractivity (Wildman–Crippen MR) is 94.7 cm³/mol. The van der Waals surface area contributed by atoms with E-state index >= 15 is 0 Å². The summed E-state index contributed by atoms with van der Waals surface area (Å²) in [5.41, 5.74) is 6.34. The third-order valence-corrected chi connectivity index (χ3v) is 5.19. The van der Waals surface area contributed by atoms with Crippen molar-refractivity contribution in [1.82, 2.24) is 14.7 Å². The molecule has 0 radical (unpaired) electrons. The number of hydrogen-bond acceptors (Lipinski definition) is 5. The van der Waals surface area contributed by atoms with E-state index in [9.17, 15) is 8.42 Å². The van der Waals surface area contributed by atoms with Gasteiger partial charge in [-0.3, -0.25) is 0 Å². The van der Waals surface area contributed by atoms with Gasteiger partial charge in [0.1, 0.15) is 3.70 Å². The number of sulfonamides is 1. The number of nitrogens with two attached hydrogens (primary N) is 1. The molecule has 0 amide bonds. The lowest BCUT2D eigenvalue weighted by Gasteiger charge is -2.20. The van der Waals surface area contributed by atoms with E-state index in [-0.39, 0.29) is 4.90 Å². The Morgan fingerprint density at radius 2 is 1.95 bits per heavy atom. The molecule has 8 heteroatoms. The molecular weight excluding hydrogens is 415 g/mol. The van der Waals surface area contributed by atoms with Crippen LogP contribution in [0.1, 0.15) is 20.8 Å². The summed E-state index contributed by atoms with van der Waals surface area (Å²) in [6.45, 7) is 5.38. The van der Waals surface area contributed by atoms with Crippen molar-refractivity contribution in [3.8, 4) is 11.3 Å². The van der Waals surface area contributed by atoms with Crippen molar-refractivity contribution < 1.29 is 8.42 Å². The molecular formula is C14H17IN4O2S. The Kier molecular flexibility index (Phi) is 4.73. The van der Waals surface area contributed by atoms with Gasteiger partial charge in [-0.05, 0) is 55.5 Å². The van der Waals surface area contributed by atoms with E-state index in [0.717, 1.165) is 0 Å². The smallest absolute Gasteiger partial charge is 0.241 e. The first-order chi connectivity index (χ1) is 10.1. The highest BCUT2D eigenvalue weighted by molar-refractivity contribution is 14.1. The monoisotopic (exact) mass is 432 g/mol. The van der Waals surface area contributed by atoms with Crippen LogP contribution in [0.3, 0.4) is 0 Å². The Hall–Kier alpha value is -1.26. The topological polar surface area (TPSA) is 98.0 Å². The molecule has 1 aromatic heterocycles. The maximum atomic E-state index is 12.4. The third kappa shape index (κ3) is 4.14. The SMILES string of the molecule is CC(C)(C)NS(=O)(=O)c1cccc(-c2cnc(N)c(I)n2)c1. The summed E-state index contributed by atoms with van der Waals surface area (Å²) >= 11 is 1.99. The van der Waals surface area contributed by atoms with Gasteiger partial charge in [0.15, 0.2) is 5.82 Å². The van der Waals surface area contributed by atoms with Crippen LogP contribution in [0.25, 0.3) is 11.3 Å². The van der Waals surface area contributed by atoms with Crippen LogP contribution in [0.2, 0.25) is 0 Å². The maximum absolute atomic E-state index is 12.4. The molecule has 2 aromatic rings.